The number of hydrogen-bond donors (Lipinski definition) is 0. The van der Waals surface area contributed by atoms with Gasteiger partial charge in [0.2, 0.25) is 0 Å². The third-order valence-electron chi connectivity index (χ3n) is 0. The molecular formula is C6H13AlCl3FeKN6. The molecule has 0 aromatic rings. The van der Waals surface area contributed by atoms with E-state index in [1.165, 1.54) is 0 Å². The molecule has 0 bridgehead atoms. The van der Waals surface area contributed by atoms with Gasteiger partial charge in [-0.1, -0.05) is 0 Å². The summed E-state index contributed by atoms with van der Waals surface area (Å²) in [6.45, 7) is 21.0. The van der Waals surface area contributed by atoms with Gasteiger partial charge in [-0.2, -0.15) is 0 Å². The van der Waals surface area contributed by atoms with Gasteiger partial charge in [0, 0.05) is 56.5 Å². The van der Waals surface area contributed by atoms with E-state index in [0.717, 1.165) is 0 Å². The van der Waals surface area contributed by atoms with Gasteiger partial charge in [-0.05, 0) is 0 Å². The summed E-state index contributed by atoms with van der Waals surface area (Å²) in [6.07, 6.45) is 0. The number of hydrogen-bond acceptors (Lipinski definition) is 6. The first-order valence-corrected chi connectivity index (χ1v) is 1.55. The predicted molar refractivity (Wildman–Crippen MR) is 72.8 cm³/mol. The van der Waals surface area contributed by atoms with E-state index in [1.807, 2.05) is 0 Å². The Labute approximate surface area is 192 Å². The summed E-state index contributed by atoms with van der Waals surface area (Å²) >= 11 is 0. The standard InChI is InChI=1S/6CHN.Al.3ClH.Fe.K.4H/c6*1-2;;;;;;;;;;/h6*1H;;3*1H;;;;;;/q;;;;;;;;;;;+1;;;;-1. The molecule has 0 aromatic carbocycles. The zero-order chi connectivity index (χ0) is 12.0. The summed E-state index contributed by atoms with van der Waals surface area (Å²) in [4.78, 5) is 0. The van der Waals surface area contributed by atoms with Gasteiger partial charge in [0.1, 0.15) is 0 Å². The zero-order valence-corrected chi connectivity index (χ0v) is 15.4. The normalized spacial score (nSPS) is 0.667. The monoisotopic (exact) mass is 396 g/mol. The third-order valence-corrected chi connectivity index (χ3v) is 0. The Kier molecular flexibility index (Phi) is 143000. The second-order valence-corrected chi connectivity index (χ2v) is 0. The van der Waals surface area contributed by atoms with Gasteiger partial charge in [0.15, 0.2) is 17.4 Å². The zero-order valence-electron chi connectivity index (χ0n) is 9.73. The summed E-state index contributed by atoms with van der Waals surface area (Å²) in [6, 6.07) is 0. The minimum Gasteiger partial charge on any atom is -1.00 e. The minimum absolute atomic E-state index is 0. The van der Waals surface area contributed by atoms with Crippen LogP contribution in [0.25, 0.3) is 0 Å². The van der Waals surface area contributed by atoms with E-state index in [9.17, 15) is 0 Å². The maximum Gasteiger partial charge on any atom is 1.00 e. The fourth-order valence-electron chi connectivity index (χ4n) is 0. The van der Waals surface area contributed by atoms with E-state index >= 15 is 0 Å². The van der Waals surface area contributed by atoms with Crippen LogP contribution in [0.2, 0.25) is 0 Å². The molecule has 0 radical (unpaired) electrons. The SMILES string of the molecule is C#N.C#N.C#N.C#N.C#N.C#N.Cl.Cl.Cl.[AlH3].[Fe].[H-].[K+]. The first kappa shape index (κ1) is 134. The summed E-state index contributed by atoms with van der Waals surface area (Å²) in [5.41, 5.74) is 0. The van der Waals surface area contributed by atoms with Gasteiger partial charge in [-0.25, -0.2) is 31.6 Å². The van der Waals surface area contributed by atoms with Crippen molar-refractivity contribution in [1.82, 2.24) is 0 Å². The Morgan fingerprint density at radius 3 is 0.444 bits per heavy atom. The fourth-order valence-corrected chi connectivity index (χ4v) is 0. The molecule has 0 unspecified atom stereocenters. The van der Waals surface area contributed by atoms with Crippen LogP contribution in [0.15, 0.2) is 0 Å². The number of halogens is 3. The van der Waals surface area contributed by atoms with Gasteiger partial charge >= 0.3 is 51.4 Å². The summed E-state index contributed by atoms with van der Waals surface area (Å²) in [5.74, 6) is 0. The first-order valence-electron chi connectivity index (χ1n) is 1.55. The predicted octanol–water partition coefficient (Wildman–Crippen LogP) is -1.97. The van der Waals surface area contributed by atoms with Crippen LogP contribution in [-0.4, -0.2) is 17.4 Å². The summed E-state index contributed by atoms with van der Waals surface area (Å²) in [7, 11) is 0. The van der Waals surface area contributed by atoms with Crippen molar-refractivity contribution in [3.05, 3.63) is 0 Å². The maximum atomic E-state index is 6.50. The van der Waals surface area contributed by atoms with E-state index in [4.69, 9.17) is 31.6 Å². The molecule has 18 heavy (non-hydrogen) atoms. The molecule has 12 heteroatoms. The van der Waals surface area contributed by atoms with Crippen molar-refractivity contribution < 1.29 is 69.9 Å². The molecule has 0 saturated heterocycles. The van der Waals surface area contributed by atoms with Crippen LogP contribution in [0.4, 0.5) is 0 Å². The minimum atomic E-state index is 0. The average Bonchev–Trinajstić information content (AvgIpc) is 2.33. The molecule has 100 valence electrons. The molecule has 0 fully saturated rings. The van der Waals surface area contributed by atoms with Gasteiger partial charge in [-0.15, -0.1) is 37.2 Å². The smallest absolute Gasteiger partial charge is 1.00 e. The van der Waals surface area contributed by atoms with E-state index in [0.29, 0.717) is 0 Å². The molecule has 0 aliphatic heterocycles. The number of rotatable bonds is 0. The van der Waals surface area contributed by atoms with Crippen molar-refractivity contribution in [2.24, 2.45) is 0 Å². The number of nitrogens with zero attached hydrogens (tertiary/aromatic N) is 6. The summed E-state index contributed by atoms with van der Waals surface area (Å²) in [5, 5.41) is 39.0. The topological polar surface area (TPSA) is 143 Å². The molecule has 0 N–H and O–H groups in total. The third kappa shape index (κ3) is 16000. The fraction of sp³-hybridized carbons (Fsp3) is 0. The van der Waals surface area contributed by atoms with Crippen molar-refractivity contribution in [1.29, 1.82) is 31.6 Å². The molecule has 0 spiro atoms. The van der Waals surface area contributed by atoms with Crippen LogP contribution < -0.4 is 51.4 Å². The van der Waals surface area contributed by atoms with Crippen molar-refractivity contribution in [3.63, 3.8) is 0 Å². The summed E-state index contributed by atoms with van der Waals surface area (Å²) < 4.78 is 0. The van der Waals surface area contributed by atoms with Crippen LogP contribution in [0, 0.1) is 71.0 Å². The van der Waals surface area contributed by atoms with Crippen LogP contribution in [0.3, 0.4) is 0 Å². The first-order chi connectivity index (χ1) is 6.00. The Balaban J connectivity index is -0.00000000193. The Morgan fingerprint density at radius 2 is 0.444 bits per heavy atom. The maximum absolute atomic E-state index is 6.50. The quantitative estimate of drug-likeness (QED) is 0.434. The molecule has 0 aliphatic rings. The number of nitriles is 6. The molecule has 0 amide bonds. The van der Waals surface area contributed by atoms with E-state index in [-0.39, 0.29) is 124 Å². The van der Waals surface area contributed by atoms with Crippen molar-refractivity contribution >= 4 is 54.6 Å². The van der Waals surface area contributed by atoms with Crippen LogP contribution in [0.1, 0.15) is 1.43 Å². The average molecular weight is 397 g/mol. The molecule has 0 heterocycles. The van der Waals surface area contributed by atoms with Gasteiger partial charge in [0.25, 0.3) is 0 Å². The van der Waals surface area contributed by atoms with Gasteiger partial charge in [-0.3, -0.25) is 0 Å². The second-order valence-electron chi connectivity index (χ2n) is 0. The van der Waals surface area contributed by atoms with Gasteiger partial charge < -0.3 is 1.43 Å². The van der Waals surface area contributed by atoms with Crippen molar-refractivity contribution in [3.8, 4) is 39.4 Å². The van der Waals surface area contributed by atoms with Crippen LogP contribution >= 0.6 is 37.2 Å². The second kappa shape index (κ2) is 19200. The largest absolute Gasteiger partial charge is 1.00 e. The molecule has 0 aliphatic carbocycles. The molecule has 0 atom stereocenters. The van der Waals surface area contributed by atoms with Crippen LogP contribution in [-0.2, 0) is 17.1 Å². The molecule has 6 nitrogen and oxygen atoms in total. The molecule has 0 rings (SSSR count). The molecule has 0 aromatic heterocycles. The van der Waals surface area contributed by atoms with E-state index in [2.05, 4.69) is 39.4 Å². The Hall–Kier alpha value is 0.498. The molecular weight excluding hydrogens is 384 g/mol. The van der Waals surface area contributed by atoms with E-state index in [1.54, 1.807) is 0 Å². The van der Waals surface area contributed by atoms with Crippen molar-refractivity contribution in [2.75, 3.05) is 0 Å². The van der Waals surface area contributed by atoms with Crippen molar-refractivity contribution in [2.45, 2.75) is 0 Å². The Morgan fingerprint density at radius 1 is 0.444 bits per heavy atom. The molecule has 0 saturated carbocycles. The Bertz CT molecular complexity index is 120. The van der Waals surface area contributed by atoms with Gasteiger partial charge in [0.05, 0.1) is 0 Å². The van der Waals surface area contributed by atoms with E-state index < -0.39 is 0 Å². The van der Waals surface area contributed by atoms with Crippen LogP contribution in [0.5, 0.6) is 0 Å².